The molecule has 0 aromatic heterocycles. The number of benzene rings is 3. The van der Waals surface area contributed by atoms with Crippen molar-refractivity contribution < 1.29 is 23.3 Å². The van der Waals surface area contributed by atoms with E-state index in [-0.39, 0.29) is 23.8 Å². The summed E-state index contributed by atoms with van der Waals surface area (Å²) >= 11 is 1.37. The Hall–Kier alpha value is -3.69. The molecule has 1 N–H and O–H groups in total. The summed E-state index contributed by atoms with van der Waals surface area (Å²) in [4.78, 5) is 41.6. The zero-order valence-corrected chi connectivity index (χ0v) is 23.0. The summed E-state index contributed by atoms with van der Waals surface area (Å²) < 4.78 is 19.3. The fraction of sp³-hybridized carbons (Fsp3) is 0.233. The third kappa shape index (κ3) is 5.69. The summed E-state index contributed by atoms with van der Waals surface area (Å²) in [7, 11) is -1.49. The first kappa shape index (κ1) is 26.9. The summed E-state index contributed by atoms with van der Waals surface area (Å²) in [5.74, 6) is -0.719. The van der Waals surface area contributed by atoms with Gasteiger partial charge in [-0.25, -0.2) is 4.79 Å². The van der Waals surface area contributed by atoms with Crippen LogP contribution in [0.1, 0.15) is 29.7 Å². The Labute approximate surface area is 234 Å². The van der Waals surface area contributed by atoms with Crippen molar-refractivity contribution >= 4 is 40.3 Å². The van der Waals surface area contributed by atoms with Crippen LogP contribution < -0.4 is 5.32 Å². The van der Waals surface area contributed by atoms with Gasteiger partial charge in [-0.3, -0.25) is 18.7 Å². The molecule has 0 bridgehead atoms. The second-order valence-corrected chi connectivity index (χ2v) is 12.0. The van der Waals surface area contributed by atoms with Gasteiger partial charge in [0.2, 0.25) is 5.91 Å². The van der Waals surface area contributed by atoms with E-state index < -0.39 is 40.2 Å². The Morgan fingerprint density at radius 2 is 1.54 bits per heavy atom. The molecular weight excluding hydrogens is 532 g/mol. The summed E-state index contributed by atoms with van der Waals surface area (Å²) in [6.45, 7) is 1.93. The fourth-order valence-corrected chi connectivity index (χ4v) is 7.62. The van der Waals surface area contributed by atoms with Crippen LogP contribution in [0, 0.1) is 0 Å². The molecule has 9 heteroatoms. The number of rotatable bonds is 9. The number of nitrogens with one attached hydrogen (secondary N) is 1. The summed E-state index contributed by atoms with van der Waals surface area (Å²) in [5, 5.41) is 1.91. The minimum Gasteiger partial charge on any atom is -0.448 e. The molecule has 7 nitrogen and oxygen atoms in total. The minimum absolute atomic E-state index is 0.0987. The molecule has 0 radical (unpaired) electrons. The number of esters is 1. The highest BCUT2D eigenvalue weighted by Gasteiger charge is 2.57. The van der Waals surface area contributed by atoms with Crippen LogP contribution >= 0.6 is 11.8 Å². The summed E-state index contributed by atoms with van der Waals surface area (Å²) in [6, 6.07) is 27.0. The van der Waals surface area contributed by atoms with E-state index in [1.165, 1.54) is 16.7 Å². The van der Waals surface area contributed by atoms with E-state index in [0.29, 0.717) is 10.7 Å². The second-order valence-electron chi connectivity index (χ2n) is 9.14. The lowest BCUT2D eigenvalue weighted by Crippen LogP contribution is -2.73. The maximum Gasteiger partial charge on any atom is 0.356 e. The van der Waals surface area contributed by atoms with E-state index in [0.717, 1.165) is 16.7 Å². The number of thioether (sulfide) groups is 1. The van der Waals surface area contributed by atoms with Gasteiger partial charge in [0.1, 0.15) is 17.1 Å². The van der Waals surface area contributed by atoms with Crippen LogP contribution in [-0.4, -0.2) is 49.8 Å². The van der Waals surface area contributed by atoms with Gasteiger partial charge in [-0.1, -0.05) is 97.9 Å². The number of hydrogen-bond acceptors (Lipinski definition) is 6. The van der Waals surface area contributed by atoms with Crippen LogP contribution in [0.2, 0.25) is 0 Å². The Bertz CT molecular complexity index is 1370. The molecule has 1 fully saturated rings. The van der Waals surface area contributed by atoms with Crippen LogP contribution in [0.25, 0.3) is 0 Å². The van der Waals surface area contributed by atoms with Crippen molar-refractivity contribution in [1.82, 2.24) is 10.2 Å². The quantitative estimate of drug-likeness (QED) is 0.315. The average molecular weight is 561 g/mol. The third-order valence-electron chi connectivity index (χ3n) is 6.56. The first-order valence-electron chi connectivity index (χ1n) is 12.7. The smallest absolute Gasteiger partial charge is 0.356 e. The number of amides is 2. The number of hydrogen-bond donors (Lipinski definition) is 1. The number of carbonyl (C=O) groups is 3. The standard InChI is InChI=1S/C30H28N2O5S2/c1-2-38-23-19-39(36)29-25(31-24(33)18-20-12-6-3-7-13-20)28(34)32(29)26(23)30(35)37-27(21-14-8-4-9-15-21)22-16-10-5-11-17-22/h3-17,25,27,29H,2,18-19H2,1H3,(H,31,33)/t25?,29-,39?/m1/s1. The molecule has 1 saturated heterocycles. The van der Waals surface area contributed by atoms with Gasteiger partial charge in [-0.15, -0.1) is 11.8 Å². The van der Waals surface area contributed by atoms with Crippen LogP contribution in [0.3, 0.4) is 0 Å². The maximum absolute atomic E-state index is 13.8. The Morgan fingerprint density at radius 3 is 2.10 bits per heavy atom. The Balaban J connectivity index is 1.40. The zero-order chi connectivity index (χ0) is 27.4. The van der Waals surface area contributed by atoms with Crippen LogP contribution in [0.15, 0.2) is 102 Å². The molecular formula is C30H28N2O5S2. The zero-order valence-electron chi connectivity index (χ0n) is 21.3. The van der Waals surface area contributed by atoms with E-state index >= 15 is 0 Å². The van der Waals surface area contributed by atoms with Gasteiger partial charge in [-0.2, -0.15) is 0 Å². The summed E-state index contributed by atoms with van der Waals surface area (Å²) in [6.07, 6.45) is -0.592. The van der Waals surface area contributed by atoms with Gasteiger partial charge >= 0.3 is 5.97 Å². The first-order chi connectivity index (χ1) is 19.0. The maximum atomic E-state index is 13.8. The van der Waals surface area contributed by atoms with Gasteiger partial charge in [-0.05, 0) is 22.4 Å². The van der Waals surface area contributed by atoms with Gasteiger partial charge in [0, 0.05) is 4.91 Å². The minimum atomic E-state index is -1.49. The van der Waals surface area contributed by atoms with E-state index in [2.05, 4.69) is 5.32 Å². The molecule has 2 unspecified atom stereocenters. The van der Waals surface area contributed by atoms with Crippen molar-refractivity contribution in [3.8, 4) is 0 Å². The largest absolute Gasteiger partial charge is 0.448 e. The lowest BCUT2D eigenvalue weighted by molar-refractivity contribution is -0.154. The first-order valence-corrected chi connectivity index (χ1v) is 15.0. The lowest BCUT2D eigenvalue weighted by atomic mass is 10.0. The highest BCUT2D eigenvalue weighted by atomic mass is 32.2. The van der Waals surface area contributed by atoms with Crippen molar-refractivity contribution in [2.45, 2.75) is 30.9 Å². The SMILES string of the molecule is CCSC1=C(C(=O)OC(c2ccccc2)c2ccccc2)N2C(=O)C(NC(=O)Cc3ccccc3)[C@H]2S(=O)C1. The van der Waals surface area contributed by atoms with Gasteiger partial charge < -0.3 is 10.1 Å². The van der Waals surface area contributed by atoms with Gasteiger partial charge in [0.05, 0.1) is 23.0 Å². The van der Waals surface area contributed by atoms with Crippen LogP contribution in [0.4, 0.5) is 0 Å². The van der Waals surface area contributed by atoms with Crippen LogP contribution in [-0.2, 0) is 36.3 Å². The van der Waals surface area contributed by atoms with E-state index in [4.69, 9.17) is 4.74 Å². The molecule has 2 aliphatic rings. The highest BCUT2D eigenvalue weighted by Crippen LogP contribution is 2.40. The van der Waals surface area contributed by atoms with Gasteiger partial charge in [0.25, 0.3) is 5.91 Å². The highest BCUT2D eigenvalue weighted by molar-refractivity contribution is 8.04. The average Bonchev–Trinajstić information content (AvgIpc) is 2.96. The van der Waals surface area contributed by atoms with Crippen molar-refractivity contribution in [3.63, 3.8) is 0 Å². The molecule has 2 aliphatic heterocycles. The lowest BCUT2D eigenvalue weighted by Gasteiger charge is -2.49. The van der Waals surface area contributed by atoms with E-state index in [1.807, 2.05) is 97.9 Å². The molecule has 0 spiro atoms. The molecule has 3 aromatic rings. The van der Waals surface area contributed by atoms with Crippen molar-refractivity contribution in [1.29, 1.82) is 0 Å². The molecule has 3 aromatic carbocycles. The van der Waals surface area contributed by atoms with E-state index in [1.54, 1.807) is 0 Å². The number of ether oxygens (including phenoxy) is 1. The molecule has 3 atom stereocenters. The van der Waals surface area contributed by atoms with Crippen molar-refractivity contribution in [2.24, 2.45) is 0 Å². The fourth-order valence-electron chi connectivity index (χ4n) is 4.77. The Morgan fingerprint density at radius 1 is 0.974 bits per heavy atom. The van der Waals surface area contributed by atoms with Crippen molar-refractivity contribution in [2.75, 3.05) is 11.5 Å². The van der Waals surface area contributed by atoms with Crippen molar-refractivity contribution in [3.05, 3.63) is 118 Å². The topological polar surface area (TPSA) is 92.8 Å². The summed E-state index contributed by atoms with van der Waals surface area (Å²) in [5.41, 5.74) is 2.50. The molecule has 0 saturated carbocycles. The van der Waals surface area contributed by atoms with Crippen LogP contribution in [0.5, 0.6) is 0 Å². The number of fused-ring (bicyclic) bond motifs is 1. The normalized spacial score (nSPS) is 20.3. The molecule has 0 aliphatic carbocycles. The third-order valence-corrected chi connectivity index (χ3v) is 9.31. The van der Waals surface area contributed by atoms with Gasteiger partial charge in [0.15, 0.2) is 6.10 Å². The van der Waals surface area contributed by atoms with E-state index in [9.17, 15) is 18.6 Å². The molecule has 200 valence electrons. The monoisotopic (exact) mass is 560 g/mol. The number of β-lactam (4-membered cyclic amide) rings is 1. The second kappa shape index (κ2) is 12.0. The molecule has 39 heavy (non-hydrogen) atoms. The number of nitrogens with zero attached hydrogens (tertiary/aromatic N) is 1. The number of carbonyl (C=O) groups excluding carboxylic acids is 3. The predicted octanol–water partition coefficient (Wildman–Crippen LogP) is 3.94. The molecule has 5 rings (SSSR count). The molecule has 2 heterocycles. The molecule has 2 amide bonds. The Kier molecular flexibility index (Phi) is 8.28. The predicted molar refractivity (Wildman–Crippen MR) is 152 cm³/mol.